The summed E-state index contributed by atoms with van der Waals surface area (Å²) in [5.74, 6) is -0.982. The van der Waals surface area contributed by atoms with Crippen molar-refractivity contribution in [3.8, 4) is 0 Å². The first kappa shape index (κ1) is 23.1. The zero-order valence-corrected chi connectivity index (χ0v) is 19.6. The summed E-state index contributed by atoms with van der Waals surface area (Å²) in [6, 6.07) is 17.7. The van der Waals surface area contributed by atoms with E-state index in [0.29, 0.717) is 35.3 Å². The van der Waals surface area contributed by atoms with Crippen molar-refractivity contribution in [3.05, 3.63) is 99.8 Å². The lowest BCUT2D eigenvalue weighted by Gasteiger charge is -2.26. The van der Waals surface area contributed by atoms with E-state index >= 15 is 0 Å². The van der Waals surface area contributed by atoms with Gasteiger partial charge in [0.05, 0.1) is 17.8 Å². The van der Waals surface area contributed by atoms with Crippen molar-refractivity contribution in [2.75, 3.05) is 11.4 Å². The molecule has 0 spiro atoms. The van der Waals surface area contributed by atoms with Crippen LogP contribution >= 0.6 is 11.6 Å². The second-order valence-electron chi connectivity index (χ2n) is 8.72. The maximum atomic E-state index is 13.5. The Morgan fingerprint density at radius 3 is 2.71 bits per heavy atom. The van der Waals surface area contributed by atoms with E-state index in [1.165, 1.54) is 18.2 Å². The van der Waals surface area contributed by atoms with Gasteiger partial charge in [0.2, 0.25) is 5.91 Å². The predicted molar refractivity (Wildman–Crippen MR) is 131 cm³/mol. The molecule has 6 nitrogen and oxygen atoms in total. The molecule has 2 aliphatic heterocycles. The Kier molecular flexibility index (Phi) is 6.26. The summed E-state index contributed by atoms with van der Waals surface area (Å²) in [6.45, 7) is 0.962. The highest BCUT2D eigenvalue weighted by Gasteiger charge is 2.41. The Balaban J connectivity index is 1.37. The van der Waals surface area contributed by atoms with Crippen LogP contribution in [0.15, 0.2) is 66.7 Å². The summed E-state index contributed by atoms with van der Waals surface area (Å²) in [7, 11) is 0. The van der Waals surface area contributed by atoms with Crippen LogP contribution in [-0.2, 0) is 17.9 Å². The van der Waals surface area contributed by atoms with Crippen LogP contribution in [0.5, 0.6) is 0 Å². The second kappa shape index (κ2) is 9.50. The molecule has 1 atom stereocenters. The highest BCUT2D eigenvalue weighted by Crippen LogP contribution is 2.33. The summed E-state index contributed by atoms with van der Waals surface area (Å²) in [5, 5.41) is 3.04. The number of anilines is 1. The normalized spacial score (nSPS) is 17.1. The third kappa shape index (κ3) is 4.51. The fourth-order valence-electron chi connectivity index (χ4n) is 4.71. The van der Waals surface area contributed by atoms with Crippen LogP contribution < -0.4 is 10.2 Å². The maximum absolute atomic E-state index is 13.5. The molecule has 5 rings (SSSR count). The van der Waals surface area contributed by atoms with Crippen LogP contribution in [0.1, 0.15) is 44.7 Å². The molecular weight excluding hydrogens is 469 g/mol. The Morgan fingerprint density at radius 1 is 1.06 bits per heavy atom. The van der Waals surface area contributed by atoms with Gasteiger partial charge in [0, 0.05) is 23.7 Å². The lowest BCUT2D eigenvalue weighted by Crippen LogP contribution is -2.44. The van der Waals surface area contributed by atoms with E-state index in [-0.39, 0.29) is 35.8 Å². The van der Waals surface area contributed by atoms with Crippen LogP contribution in [0.3, 0.4) is 0 Å². The number of carbonyl (C=O) groups excluding carboxylic acids is 3. The molecule has 1 fully saturated rings. The van der Waals surface area contributed by atoms with Gasteiger partial charge in [-0.15, -0.1) is 0 Å². The van der Waals surface area contributed by atoms with Crippen molar-refractivity contribution < 1.29 is 18.8 Å². The molecule has 35 heavy (non-hydrogen) atoms. The smallest absolute Gasteiger partial charge is 0.256 e. The molecule has 1 saturated heterocycles. The molecule has 0 saturated carbocycles. The van der Waals surface area contributed by atoms with Crippen molar-refractivity contribution in [2.24, 2.45) is 0 Å². The molecule has 3 amide bonds. The molecule has 3 aromatic carbocycles. The molecule has 0 aromatic heterocycles. The highest BCUT2D eigenvalue weighted by molar-refractivity contribution is 6.31. The van der Waals surface area contributed by atoms with Gasteiger partial charge in [-0.1, -0.05) is 41.9 Å². The number of benzene rings is 3. The largest absolute Gasteiger partial charge is 0.348 e. The molecule has 178 valence electrons. The standard InChI is InChI=1S/C27H23ClFN3O3/c28-22-14-20(29)11-10-19(22)15-30-25(33)18-6-3-5-17(13-18)16-32-23-8-2-1-7-21(23)26(34)31-12-4-9-24(31)27(32)35/h1-3,5-8,10-11,13-14,24H,4,9,12,15-16H2,(H,30,33). The van der Waals surface area contributed by atoms with Crippen molar-refractivity contribution in [1.29, 1.82) is 0 Å². The summed E-state index contributed by atoms with van der Waals surface area (Å²) in [6.07, 6.45) is 1.44. The third-order valence-corrected chi connectivity index (χ3v) is 6.83. The van der Waals surface area contributed by atoms with Crippen molar-refractivity contribution in [3.63, 3.8) is 0 Å². The number of halogens is 2. The van der Waals surface area contributed by atoms with Gasteiger partial charge in [0.25, 0.3) is 11.8 Å². The number of nitrogens with one attached hydrogen (secondary N) is 1. The van der Waals surface area contributed by atoms with Gasteiger partial charge in [-0.2, -0.15) is 0 Å². The Bertz CT molecular complexity index is 1330. The van der Waals surface area contributed by atoms with Crippen LogP contribution in [0.2, 0.25) is 5.02 Å². The Morgan fingerprint density at radius 2 is 1.89 bits per heavy atom. The molecule has 0 bridgehead atoms. The SMILES string of the molecule is O=C(NCc1ccc(F)cc1Cl)c1cccc(CN2C(=O)C3CCCN3C(=O)c3ccccc32)c1. The van der Waals surface area contributed by atoms with Gasteiger partial charge < -0.3 is 15.1 Å². The van der Waals surface area contributed by atoms with E-state index < -0.39 is 11.9 Å². The first-order valence-corrected chi connectivity index (χ1v) is 11.8. The fraction of sp³-hybridized carbons (Fsp3) is 0.222. The topological polar surface area (TPSA) is 69.7 Å². The van der Waals surface area contributed by atoms with Crippen molar-refractivity contribution in [2.45, 2.75) is 32.0 Å². The van der Waals surface area contributed by atoms with Crippen LogP contribution in [0.25, 0.3) is 0 Å². The minimum absolute atomic E-state index is 0.110. The van der Waals surface area contributed by atoms with E-state index in [9.17, 15) is 18.8 Å². The summed E-state index contributed by atoms with van der Waals surface area (Å²) < 4.78 is 13.3. The highest BCUT2D eigenvalue weighted by atomic mass is 35.5. The summed E-state index contributed by atoms with van der Waals surface area (Å²) in [5.41, 5.74) is 2.89. The maximum Gasteiger partial charge on any atom is 0.256 e. The van der Waals surface area contributed by atoms with Crippen molar-refractivity contribution >= 4 is 35.0 Å². The number of fused-ring (bicyclic) bond motifs is 2. The number of rotatable bonds is 5. The van der Waals surface area contributed by atoms with Gasteiger partial charge in [-0.25, -0.2) is 4.39 Å². The number of para-hydroxylation sites is 1. The minimum Gasteiger partial charge on any atom is -0.348 e. The lowest BCUT2D eigenvalue weighted by molar-refractivity contribution is -0.122. The zero-order chi connectivity index (χ0) is 24.5. The Hall–Kier alpha value is -3.71. The van der Waals surface area contributed by atoms with Crippen LogP contribution in [0, 0.1) is 5.82 Å². The van der Waals surface area contributed by atoms with Crippen molar-refractivity contribution in [1.82, 2.24) is 10.2 Å². The third-order valence-electron chi connectivity index (χ3n) is 6.47. The molecule has 8 heteroatoms. The molecule has 2 aliphatic rings. The molecule has 0 radical (unpaired) electrons. The quantitative estimate of drug-likeness (QED) is 0.569. The molecule has 1 N–H and O–H groups in total. The first-order valence-electron chi connectivity index (χ1n) is 11.4. The molecule has 0 aliphatic carbocycles. The monoisotopic (exact) mass is 491 g/mol. The lowest BCUT2D eigenvalue weighted by atomic mass is 10.1. The minimum atomic E-state index is -0.471. The van der Waals surface area contributed by atoms with Gasteiger partial charge in [-0.05, 0) is 60.4 Å². The Labute approximate surface area is 207 Å². The van der Waals surface area contributed by atoms with Gasteiger partial charge in [0.15, 0.2) is 0 Å². The second-order valence-corrected chi connectivity index (χ2v) is 9.12. The van der Waals surface area contributed by atoms with Gasteiger partial charge in [-0.3, -0.25) is 14.4 Å². The van der Waals surface area contributed by atoms with E-state index in [0.717, 1.165) is 12.0 Å². The number of nitrogens with zero attached hydrogens (tertiary/aromatic N) is 2. The summed E-state index contributed by atoms with van der Waals surface area (Å²) >= 11 is 6.05. The van der Waals surface area contributed by atoms with E-state index in [1.54, 1.807) is 46.2 Å². The number of amides is 3. The molecule has 2 heterocycles. The number of hydrogen-bond acceptors (Lipinski definition) is 3. The average Bonchev–Trinajstić information content (AvgIpc) is 3.33. The van der Waals surface area contributed by atoms with E-state index in [4.69, 9.17) is 11.6 Å². The van der Waals surface area contributed by atoms with E-state index in [2.05, 4.69) is 5.32 Å². The average molecular weight is 492 g/mol. The van der Waals surface area contributed by atoms with Gasteiger partial charge >= 0.3 is 0 Å². The summed E-state index contributed by atoms with van der Waals surface area (Å²) in [4.78, 5) is 42.7. The molecule has 3 aromatic rings. The number of hydrogen-bond donors (Lipinski definition) is 1. The van der Waals surface area contributed by atoms with Gasteiger partial charge in [0.1, 0.15) is 11.9 Å². The predicted octanol–water partition coefficient (Wildman–Crippen LogP) is 4.56. The van der Waals surface area contributed by atoms with Crippen LogP contribution in [0.4, 0.5) is 10.1 Å². The molecular formula is C27H23ClFN3O3. The zero-order valence-electron chi connectivity index (χ0n) is 18.8. The van der Waals surface area contributed by atoms with Crippen LogP contribution in [-0.4, -0.2) is 35.2 Å². The van der Waals surface area contributed by atoms with E-state index in [1.807, 2.05) is 12.1 Å². The first-order chi connectivity index (χ1) is 16.9. The number of carbonyl (C=O) groups is 3. The fourth-order valence-corrected chi connectivity index (χ4v) is 4.94. The molecule has 1 unspecified atom stereocenters.